The molecule has 2 rings (SSSR count). The number of nitrogens with zero attached hydrogens (tertiary/aromatic N) is 2. The highest BCUT2D eigenvalue weighted by atomic mass is 16.5. The van der Waals surface area contributed by atoms with Gasteiger partial charge in [0.1, 0.15) is 0 Å². The fraction of sp³-hybridized carbons (Fsp3) is 0.167. The third kappa shape index (κ3) is 3.15. The lowest BCUT2D eigenvalue weighted by Crippen LogP contribution is -2.01. The zero-order chi connectivity index (χ0) is 12.1. The summed E-state index contributed by atoms with van der Waals surface area (Å²) in [7, 11) is 1.57. The Morgan fingerprint density at radius 3 is 2.71 bits per heavy atom. The summed E-state index contributed by atoms with van der Waals surface area (Å²) >= 11 is 0. The first kappa shape index (κ1) is 11.3. The molecule has 0 aliphatic heterocycles. The second-order valence-electron chi connectivity index (χ2n) is 3.47. The van der Waals surface area contributed by atoms with Gasteiger partial charge in [-0.2, -0.15) is 4.98 Å². The zero-order valence-corrected chi connectivity index (χ0v) is 9.42. The summed E-state index contributed by atoms with van der Waals surface area (Å²) in [5.41, 5.74) is 1.49. The molecule has 0 bridgehead atoms. The molecular weight excluding hydrogens is 218 g/mol. The first-order chi connectivity index (χ1) is 8.28. The summed E-state index contributed by atoms with van der Waals surface area (Å²) < 4.78 is 4.96. The van der Waals surface area contributed by atoms with Gasteiger partial charge in [-0.1, -0.05) is 18.2 Å². The Hall–Kier alpha value is -2.14. The topological polar surface area (TPSA) is 67.3 Å². The number of para-hydroxylation sites is 1. The summed E-state index contributed by atoms with van der Waals surface area (Å²) in [4.78, 5) is 8.10. The van der Waals surface area contributed by atoms with E-state index < -0.39 is 0 Å². The van der Waals surface area contributed by atoms with Crippen LogP contribution in [0.4, 0.5) is 11.6 Å². The minimum absolute atomic E-state index is 0.0783. The maximum atomic E-state index is 9.45. The highest BCUT2D eigenvalue weighted by Crippen LogP contribution is 2.16. The lowest BCUT2D eigenvalue weighted by atomic mass is 10.3. The molecule has 0 amide bonds. The molecule has 0 saturated carbocycles. The maximum Gasteiger partial charge on any atom is 0.230 e. The number of aromatic hydroxyl groups is 1. The van der Waals surface area contributed by atoms with E-state index in [1.165, 1.54) is 6.07 Å². The quantitative estimate of drug-likeness (QED) is 0.843. The van der Waals surface area contributed by atoms with Crippen molar-refractivity contribution >= 4 is 11.6 Å². The van der Waals surface area contributed by atoms with Crippen LogP contribution in [0.15, 0.2) is 36.4 Å². The van der Waals surface area contributed by atoms with Gasteiger partial charge in [-0.25, -0.2) is 4.98 Å². The summed E-state index contributed by atoms with van der Waals surface area (Å²) in [6.07, 6.45) is 0. The third-order valence-electron chi connectivity index (χ3n) is 2.09. The predicted molar refractivity (Wildman–Crippen MR) is 64.1 cm³/mol. The summed E-state index contributed by atoms with van der Waals surface area (Å²) in [6.45, 7) is 0.333. The van der Waals surface area contributed by atoms with Crippen LogP contribution in [0.25, 0.3) is 0 Å². The standard InChI is InChI=1S/C12H13N3O2/c1-17-8-10-7-11(16)15-12(14-10)13-9-5-3-2-4-6-9/h2-7H,8H2,1H3,(H2,13,14,15,16). The van der Waals surface area contributed by atoms with Crippen LogP contribution in [-0.4, -0.2) is 22.2 Å². The van der Waals surface area contributed by atoms with Crippen LogP contribution in [0.1, 0.15) is 5.69 Å². The molecule has 17 heavy (non-hydrogen) atoms. The van der Waals surface area contributed by atoms with Crippen molar-refractivity contribution < 1.29 is 9.84 Å². The summed E-state index contributed by atoms with van der Waals surface area (Å²) in [5, 5.41) is 12.5. The van der Waals surface area contributed by atoms with Gasteiger partial charge >= 0.3 is 0 Å². The van der Waals surface area contributed by atoms with E-state index in [4.69, 9.17) is 4.74 Å². The van der Waals surface area contributed by atoms with Gasteiger partial charge < -0.3 is 15.2 Å². The fourth-order valence-corrected chi connectivity index (χ4v) is 1.41. The Bertz CT molecular complexity index is 488. The lowest BCUT2D eigenvalue weighted by Gasteiger charge is -2.06. The second kappa shape index (κ2) is 5.27. The average molecular weight is 231 g/mol. The van der Waals surface area contributed by atoms with Crippen molar-refractivity contribution in [1.29, 1.82) is 0 Å². The Labute approximate surface area is 99.1 Å². The number of hydrogen-bond acceptors (Lipinski definition) is 5. The molecule has 0 saturated heterocycles. The molecule has 2 N–H and O–H groups in total. The maximum absolute atomic E-state index is 9.45. The molecular formula is C12H13N3O2. The summed E-state index contributed by atoms with van der Waals surface area (Å²) in [6, 6.07) is 11.0. The van der Waals surface area contributed by atoms with E-state index >= 15 is 0 Å². The molecule has 0 spiro atoms. The van der Waals surface area contributed by atoms with Crippen molar-refractivity contribution in [3.05, 3.63) is 42.1 Å². The monoisotopic (exact) mass is 231 g/mol. The Morgan fingerprint density at radius 2 is 2.00 bits per heavy atom. The largest absolute Gasteiger partial charge is 0.493 e. The number of rotatable bonds is 4. The van der Waals surface area contributed by atoms with Gasteiger partial charge in [0, 0.05) is 18.9 Å². The molecule has 5 heteroatoms. The van der Waals surface area contributed by atoms with Crippen molar-refractivity contribution in [3.8, 4) is 5.88 Å². The SMILES string of the molecule is COCc1cc(O)nc(Nc2ccccc2)n1. The number of methoxy groups -OCH3 is 1. The first-order valence-corrected chi connectivity index (χ1v) is 5.16. The molecule has 0 aliphatic carbocycles. The lowest BCUT2D eigenvalue weighted by molar-refractivity contribution is 0.181. The van der Waals surface area contributed by atoms with Crippen molar-refractivity contribution in [2.45, 2.75) is 6.61 Å². The van der Waals surface area contributed by atoms with Crippen LogP contribution < -0.4 is 5.32 Å². The molecule has 0 fully saturated rings. The normalized spacial score (nSPS) is 10.2. The summed E-state index contributed by atoms with van der Waals surface area (Å²) in [5.74, 6) is 0.272. The van der Waals surface area contributed by atoms with E-state index in [0.29, 0.717) is 18.2 Å². The van der Waals surface area contributed by atoms with Gasteiger partial charge in [-0.15, -0.1) is 0 Å². The Morgan fingerprint density at radius 1 is 1.24 bits per heavy atom. The third-order valence-corrected chi connectivity index (χ3v) is 2.09. The highest BCUT2D eigenvalue weighted by Gasteiger charge is 2.03. The number of nitrogens with one attached hydrogen (secondary N) is 1. The van der Waals surface area contributed by atoms with E-state index in [-0.39, 0.29) is 5.88 Å². The van der Waals surface area contributed by atoms with Crippen molar-refractivity contribution in [2.24, 2.45) is 0 Å². The van der Waals surface area contributed by atoms with Crippen molar-refractivity contribution in [3.63, 3.8) is 0 Å². The van der Waals surface area contributed by atoms with Crippen molar-refractivity contribution in [2.75, 3.05) is 12.4 Å². The van der Waals surface area contributed by atoms with E-state index in [1.54, 1.807) is 7.11 Å². The van der Waals surface area contributed by atoms with E-state index in [2.05, 4.69) is 15.3 Å². The fourth-order valence-electron chi connectivity index (χ4n) is 1.41. The van der Waals surface area contributed by atoms with Gasteiger partial charge in [-0.3, -0.25) is 0 Å². The van der Waals surface area contributed by atoms with E-state index in [9.17, 15) is 5.11 Å². The van der Waals surface area contributed by atoms with Crippen LogP contribution >= 0.6 is 0 Å². The molecule has 5 nitrogen and oxygen atoms in total. The van der Waals surface area contributed by atoms with Crippen LogP contribution in [0.2, 0.25) is 0 Å². The van der Waals surface area contributed by atoms with Crippen LogP contribution in [-0.2, 0) is 11.3 Å². The molecule has 0 radical (unpaired) electrons. The van der Waals surface area contributed by atoms with Gasteiger partial charge in [0.2, 0.25) is 11.8 Å². The van der Waals surface area contributed by atoms with Gasteiger partial charge in [-0.05, 0) is 12.1 Å². The number of anilines is 2. The second-order valence-corrected chi connectivity index (χ2v) is 3.47. The predicted octanol–water partition coefficient (Wildman–Crippen LogP) is 2.07. The highest BCUT2D eigenvalue weighted by molar-refractivity contribution is 5.53. The number of aromatic nitrogens is 2. The van der Waals surface area contributed by atoms with E-state index in [0.717, 1.165) is 5.69 Å². The number of ether oxygens (including phenoxy) is 1. The Balaban J connectivity index is 2.21. The molecule has 2 aromatic rings. The van der Waals surface area contributed by atoms with Crippen molar-refractivity contribution in [1.82, 2.24) is 9.97 Å². The van der Waals surface area contributed by atoms with Gasteiger partial charge in [0.25, 0.3) is 0 Å². The molecule has 0 aliphatic rings. The average Bonchev–Trinajstić information content (AvgIpc) is 2.30. The van der Waals surface area contributed by atoms with Crippen LogP contribution in [0, 0.1) is 0 Å². The van der Waals surface area contributed by atoms with Crippen LogP contribution in [0.3, 0.4) is 0 Å². The van der Waals surface area contributed by atoms with Gasteiger partial charge in [0.05, 0.1) is 12.3 Å². The molecule has 0 atom stereocenters. The molecule has 1 heterocycles. The molecule has 0 unspecified atom stereocenters. The number of hydrogen-bond donors (Lipinski definition) is 2. The molecule has 1 aromatic carbocycles. The van der Waals surface area contributed by atoms with Crippen LogP contribution in [0.5, 0.6) is 5.88 Å². The first-order valence-electron chi connectivity index (χ1n) is 5.16. The van der Waals surface area contributed by atoms with E-state index in [1.807, 2.05) is 30.3 Å². The van der Waals surface area contributed by atoms with Gasteiger partial charge in [0.15, 0.2) is 0 Å². The minimum atomic E-state index is -0.0783. The molecule has 1 aromatic heterocycles. The number of benzene rings is 1. The minimum Gasteiger partial charge on any atom is -0.493 e. The Kier molecular flexibility index (Phi) is 3.52. The molecule has 88 valence electrons. The smallest absolute Gasteiger partial charge is 0.230 e. The zero-order valence-electron chi connectivity index (χ0n) is 9.42.